The van der Waals surface area contributed by atoms with Crippen LogP contribution in [0, 0.1) is 0 Å². The SMILES string of the molecule is CCCC(C)Nc1nc(N)nc2c1[C@H](C=O)N(Cc1ccc(CN3CCNCC3)cc1)N=C2. The van der Waals surface area contributed by atoms with E-state index in [1.165, 1.54) is 5.56 Å². The van der Waals surface area contributed by atoms with Crippen LogP contribution in [0.2, 0.25) is 0 Å². The first-order valence-electron chi connectivity index (χ1n) is 11.8. The van der Waals surface area contributed by atoms with E-state index in [1.807, 2.05) is 0 Å². The molecule has 33 heavy (non-hydrogen) atoms. The standard InChI is InChI=1S/C24H34N8O/c1-3-4-17(2)28-23-22-20(29-24(25)30-23)13-27-32(21(22)16-33)15-19-7-5-18(6-8-19)14-31-11-9-26-10-12-31/h5-8,13,16-17,21,26H,3-4,9-12,14-15H2,1-2H3,(H3,25,28,29,30)/t17?,21-/m0/s1. The minimum atomic E-state index is -0.581. The molecule has 3 heterocycles. The van der Waals surface area contributed by atoms with Crippen molar-refractivity contribution in [3.05, 3.63) is 46.6 Å². The van der Waals surface area contributed by atoms with Crippen LogP contribution >= 0.6 is 0 Å². The van der Waals surface area contributed by atoms with Crippen molar-refractivity contribution in [2.45, 2.75) is 51.9 Å². The van der Waals surface area contributed by atoms with Gasteiger partial charge in [0.05, 0.1) is 24.0 Å². The Morgan fingerprint density at radius 1 is 1.18 bits per heavy atom. The summed E-state index contributed by atoms with van der Waals surface area (Å²) in [5, 5.41) is 13.1. The number of nitrogens with one attached hydrogen (secondary N) is 2. The quantitative estimate of drug-likeness (QED) is 0.498. The molecule has 1 aromatic carbocycles. The predicted octanol–water partition coefficient (Wildman–Crippen LogP) is 2.15. The summed E-state index contributed by atoms with van der Waals surface area (Å²) in [6.45, 7) is 9.95. The minimum Gasteiger partial charge on any atom is -0.368 e. The maximum absolute atomic E-state index is 12.2. The fourth-order valence-corrected chi connectivity index (χ4v) is 4.44. The van der Waals surface area contributed by atoms with Gasteiger partial charge < -0.3 is 21.2 Å². The number of aldehydes is 1. The van der Waals surface area contributed by atoms with E-state index in [0.29, 0.717) is 18.1 Å². The normalized spacial score (nSPS) is 19.2. The number of nitrogens with zero attached hydrogens (tertiary/aromatic N) is 5. The van der Waals surface area contributed by atoms with E-state index < -0.39 is 6.04 Å². The molecule has 0 bridgehead atoms. The molecule has 0 aliphatic carbocycles. The number of carbonyl (C=O) groups excluding carboxylic acids is 1. The van der Waals surface area contributed by atoms with Gasteiger partial charge >= 0.3 is 0 Å². The largest absolute Gasteiger partial charge is 0.368 e. The zero-order valence-electron chi connectivity index (χ0n) is 19.5. The van der Waals surface area contributed by atoms with E-state index in [0.717, 1.165) is 63.0 Å². The Hall–Kier alpha value is -3.04. The molecule has 1 saturated heterocycles. The van der Waals surface area contributed by atoms with Crippen LogP contribution in [0.5, 0.6) is 0 Å². The Morgan fingerprint density at radius 2 is 1.88 bits per heavy atom. The molecule has 0 amide bonds. The molecule has 9 heteroatoms. The average molecular weight is 451 g/mol. The van der Waals surface area contributed by atoms with Crippen molar-refractivity contribution in [1.82, 2.24) is 25.2 Å². The van der Waals surface area contributed by atoms with Crippen LogP contribution in [0.4, 0.5) is 11.8 Å². The van der Waals surface area contributed by atoms with Gasteiger partial charge in [0.25, 0.3) is 0 Å². The molecule has 0 saturated carbocycles. The van der Waals surface area contributed by atoms with E-state index in [-0.39, 0.29) is 12.0 Å². The molecule has 4 N–H and O–H groups in total. The first kappa shape index (κ1) is 23.1. The maximum atomic E-state index is 12.2. The Bertz CT molecular complexity index is 971. The minimum absolute atomic E-state index is 0.171. The number of fused-ring (bicyclic) bond motifs is 1. The molecule has 176 valence electrons. The third-order valence-electron chi connectivity index (χ3n) is 6.15. The Morgan fingerprint density at radius 3 is 2.55 bits per heavy atom. The van der Waals surface area contributed by atoms with Crippen molar-refractivity contribution < 1.29 is 4.79 Å². The summed E-state index contributed by atoms with van der Waals surface area (Å²) >= 11 is 0. The third kappa shape index (κ3) is 5.66. The molecule has 2 aliphatic rings. The van der Waals surface area contributed by atoms with Gasteiger partial charge in [-0.3, -0.25) is 9.91 Å². The number of nitrogen functional groups attached to an aromatic ring is 1. The number of rotatable bonds is 9. The number of nitrogens with two attached hydrogens (primary N) is 1. The van der Waals surface area contributed by atoms with Crippen LogP contribution in [0.1, 0.15) is 55.1 Å². The van der Waals surface area contributed by atoms with Crippen molar-refractivity contribution in [3.63, 3.8) is 0 Å². The van der Waals surface area contributed by atoms with E-state index in [9.17, 15) is 4.79 Å². The number of anilines is 2. The smallest absolute Gasteiger partial charge is 0.222 e. The Labute approximate surface area is 195 Å². The van der Waals surface area contributed by atoms with Crippen LogP contribution in [-0.4, -0.2) is 64.6 Å². The fraction of sp³-hybridized carbons (Fsp3) is 0.500. The Kier molecular flexibility index (Phi) is 7.51. The zero-order valence-corrected chi connectivity index (χ0v) is 19.5. The molecule has 0 spiro atoms. The first-order chi connectivity index (χ1) is 16.1. The zero-order chi connectivity index (χ0) is 23.2. The van der Waals surface area contributed by atoms with Gasteiger partial charge in [0.1, 0.15) is 18.1 Å². The second-order valence-electron chi connectivity index (χ2n) is 8.83. The number of aromatic nitrogens is 2. The summed E-state index contributed by atoms with van der Waals surface area (Å²) in [6, 6.07) is 8.19. The molecular weight excluding hydrogens is 416 g/mol. The van der Waals surface area contributed by atoms with E-state index in [2.05, 4.69) is 68.7 Å². The molecule has 9 nitrogen and oxygen atoms in total. The summed E-state index contributed by atoms with van der Waals surface area (Å²) in [5.74, 6) is 0.780. The fourth-order valence-electron chi connectivity index (χ4n) is 4.44. The summed E-state index contributed by atoms with van der Waals surface area (Å²) in [6.07, 6.45) is 4.61. The molecule has 1 fully saturated rings. The van der Waals surface area contributed by atoms with Crippen molar-refractivity contribution in [2.75, 3.05) is 37.2 Å². The summed E-state index contributed by atoms with van der Waals surface area (Å²) < 4.78 is 0. The monoisotopic (exact) mass is 450 g/mol. The van der Waals surface area contributed by atoms with Crippen molar-refractivity contribution in [3.8, 4) is 0 Å². The highest BCUT2D eigenvalue weighted by Crippen LogP contribution is 2.32. The first-order valence-corrected chi connectivity index (χ1v) is 11.8. The molecule has 4 rings (SSSR count). The van der Waals surface area contributed by atoms with E-state index >= 15 is 0 Å². The number of hydrazone groups is 1. The van der Waals surface area contributed by atoms with Crippen LogP contribution in [0.3, 0.4) is 0 Å². The van der Waals surface area contributed by atoms with Gasteiger partial charge in [0.15, 0.2) is 0 Å². The predicted molar refractivity (Wildman–Crippen MR) is 131 cm³/mol. The molecular formula is C24H34N8O. The Balaban J connectivity index is 1.50. The van der Waals surface area contributed by atoms with Crippen LogP contribution in [0.15, 0.2) is 29.4 Å². The van der Waals surface area contributed by atoms with Crippen molar-refractivity contribution in [1.29, 1.82) is 0 Å². The lowest BCUT2D eigenvalue weighted by molar-refractivity contribution is -0.112. The summed E-state index contributed by atoms with van der Waals surface area (Å²) in [4.78, 5) is 23.4. The topological polar surface area (TPSA) is 112 Å². The third-order valence-corrected chi connectivity index (χ3v) is 6.15. The molecule has 1 aromatic heterocycles. The lowest BCUT2D eigenvalue weighted by Crippen LogP contribution is -2.42. The summed E-state index contributed by atoms with van der Waals surface area (Å²) in [5.41, 5.74) is 9.63. The van der Waals surface area contributed by atoms with Gasteiger partial charge in [-0.25, -0.2) is 4.98 Å². The molecule has 2 aliphatic heterocycles. The highest BCUT2D eigenvalue weighted by atomic mass is 16.1. The van der Waals surface area contributed by atoms with Crippen LogP contribution in [-0.2, 0) is 17.9 Å². The van der Waals surface area contributed by atoms with Gasteiger partial charge in [-0.2, -0.15) is 10.1 Å². The maximum Gasteiger partial charge on any atom is 0.222 e. The van der Waals surface area contributed by atoms with Gasteiger partial charge in [-0.05, 0) is 24.5 Å². The van der Waals surface area contributed by atoms with Gasteiger partial charge in [-0.15, -0.1) is 0 Å². The number of piperazine rings is 1. The highest BCUT2D eigenvalue weighted by Gasteiger charge is 2.30. The number of hydrogen-bond acceptors (Lipinski definition) is 9. The highest BCUT2D eigenvalue weighted by molar-refractivity contribution is 5.86. The van der Waals surface area contributed by atoms with Crippen molar-refractivity contribution in [2.24, 2.45) is 5.10 Å². The molecule has 0 radical (unpaired) electrons. The van der Waals surface area contributed by atoms with E-state index in [1.54, 1.807) is 11.2 Å². The van der Waals surface area contributed by atoms with Gasteiger partial charge in [0.2, 0.25) is 5.95 Å². The average Bonchev–Trinajstić information content (AvgIpc) is 2.81. The number of benzene rings is 1. The number of carbonyl (C=O) groups is 1. The molecule has 1 unspecified atom stereocenters. The molecule has 2 atom stereocenters. The number of hydrogen-bond donors (Lipinski definition) is 3. The second kappa shape index (κ2) is 10.7. The lowest BCUT2D eigenvalue weighted by atomic mass is 10.0. The molecule has 2 aromatic rings. The van der Waals surface area contributed by atoms with Crippen LogP contribution in [0.25, 0.3) is 0 Å². The summed E-state index contributed by atoms with van der Waals surface area (Å²) in [7, 11) is 0. The van der Waals surface area contributed by atoms with Crippen LogP contribution < -0.4 is 16.4 Å². The van der Waals surface area contributed by atoms with Gasteiger partial charge in [-0.1, -0.05) is 37.6 Å². The lowest BCUT2D eigenvalue weighted by Gasteiger charge is -2.31. The van der Waals surface area contributed by atoms with Crippen molar-refractivity contribution >= 4 is 24.3 Å². The van der Waals surface area contributed by atoms with Gasteiger partial charge in [0, 0.05) is 38.8 Å². The second-order valence-corrected chi connectivity index (χ2v) is 8.83. The van der Waals surface area contributed by atoms with E-state index in [4.69, 9.17) is 5.73 Å².